The number of benzene rings is 1. The van der Waals surface area contributed by atoms with Crippen molar-refractivity contribution < 1.29 is 9.52 Å². The Bertz CT molecular complexity index is 594. The molecule has 2 aromatic rings. The zero-order chi connectivity index (χ0) is 15.6. The number of nitrogens with zero attached hydrogens (tertiary/aromatic N) is 1. The Morgan fingerprint density at radius 3 is 2.68 bits per heavy atom. The maximum absolute atomic E-state index is 11.7. The second-order valence-electron chi connectivity index (χ2n) is 4.54. The Hall–Kier alpha value is -1.66. The maximum Gasteiger partial charge on any atom is 0.251 e. The average Bonchev–Trinajstić information content (AvgIpc) is 2.55. The molecule has 6 heteroatoms. The van der Waals surface area contributed by atoms with E-state index in [-0.39, 0.29) is 11.7 Å². The summed E-state index contributed by atoms with van der Waals surface area (Å²) in [6.45, 7) is 0.642. The van der Waals surface area contributed by atoms with Crippen LogP contribution >= 0.6 is 23.5 Å². The fourth-order valence-corrected chi connectivity index (χ4v) is 3.30. The van der Waals surface area contributed by atoms with Gasteiger partial charge in [-0.2, -0.15) is 16.5 Å². The third-order valence-electron chi connectivity index (χ3n) is 2.82. The van der Waals surface area contributed by atoms with Gasteiger partial charge in [-0.25, -0.2) is 0 Å². The largest absolute Gasteiger partial charge is 0.618 e. The summed E-state index contributed by atoms with van der Waals surface area (Å²) in [5.41, 5.74) is 1.29. The lowest BCUT2D eigenvalue weighted by Gasteiger charge is -2.05. The number of pyridine rings is 1. The van der Waals surface area contributed by atoms with Gasteiger partial charge in [-0.3, -0.25) is 4.79 Å². The van der Waals surface area contributed by atoms with Crippen molar-refractivity contribution in [3.05, 3.63) is 65.5 Å². The zero-order valence-corrected chi connectivity index (χ0v) is 13.7. The van der Waals surface area contributed by atoms with E-state index in [0.29, 0.717) is 11.6 Å². The van der Waals surface area contributed by atoms with Gasteiger partial charge in [0.2, 0.25) is 5.91 Å². The van der Waals surface area contributed by atoms with Crippen molar-refractivity contribution in [3.8, 4) is 0 Å². The highest BCUT2D eigenvalue weighted by Crippen LogP contribution is 2.12. The summed E-state index contributed by atoms with van der Waals surface area (Å²) >= 11 is 3.04. The molecule has 0 atom stereocenters. The van der Waals surface area contributed by atoms with Crippen molar-refractivity contribution in [3.63, 3.8) is 0 Å². The van der Waals surface area contributed by atoms with E-state index in [9.17, 15) is 10.0 Å². The van der Waals surface area contributed by atoms with E-state index >= 15 is 0 Å². The molecule has 1 aromatic heterocycles. The van der Waals surface area contributed by atoms with Crippen molar-refractivity contribution in [2.75, 3.05) is 18.1 Å². The number of hydrogen-bond donors (Lipinski definition) is 1. The molecule has 0 bridgehead atoms. The van der Waals surface area contributed by atoms with E-state index in [1.165, 1.54) is 23.5 Å². The summed E-state index contributed by atoms with van der Waals surface area (Å²) in [5.74, 6) is 2.04. The minimum atomic E-state index is -0.0471. The lowest BCUT2D eigenvalue weighted by molar-refractivity contribution is -0.645. The summed E-state index contributed by atoms with van der Waals surface area (Å²) in [7, 11) is 0. The second kappa shape index (κ2) is 9.38. The summed E-state index contributed by atoms with van der Waals surface area (Å²) in [6.07, 6.45) is 1.43. The summed E-state index contributed by atoms with van der Waals surface area (Å²) in [4.78, 5) is 11.7. The number of carbonyl (C=O) groups is 1. The minimum absolute atomic E-state index is 0.0471. The van der Waals surface area contributed by atoms with E-state index in [4.69, 9.17) is 0 Å². The molecule has 1 amide bonds. The van der Waals surface area contributed by atoms with Crippen LogP contribution in [-0.4, -0.2) is 24.0 Å². The van der Waals surface area contributed by atoms with Gasteiger partial charge in [-0.1, -0.05) is 30.3 Å². The van der Waals surface area contributed by atoms with Gasteiger partial charge >= 0.3 is 0 Å². The van der Waals surface area contributed by atoms with Crippen LogP contribution in [0.2, 0.25) is 0 Å². The van der Waals surface area contributed by atoms with Crippen LogP contribution in [0.3, 0.4) is 0 Å². The zero-order valence-electron chi connectivity index (χ0n) is 12.1. The van der Waals surface area contributed by atoms with Crippen LogP contribution in [0.15, 0.2) is 59.8 Å². The first-order chi connectivity index (χ1) is 10.8. The fraction of sp³-hybridized carbons (Fsp3) is 0.250. The fourth-order valence-electron chi connectivity index (χ4n) is 1.74. The normalized spacial score (nSPS) is 10.4. The molecule has 2 rings (SSSR count). The maximum atomic E-state index is 11.7. The first-order valence-electron chi connectivity index (χ1n) is 6.95. The van der Waals surface area contributed by atoms with Crippen LogP contribution in [0.25, 0.3) is 0 Å². The molecule has 1 aromatic carbocycles. The Balaban J connectivity index is 1.57. The molecule has 4 nitrogen and oxygen atoms in total. The Morgan fingerprint density at radius 2 is 1.91 bits per heavy atom. The lowest BCUT2D eigenvalue weighted by atomic mass is 10.2. The van der Waals surface area contributed by atoms with Crippen molar-refractivity contribution in [1.82, 2.24) is 5.32 Å². The number of hydrogen-bond acceptors (Lipinski definition) is 4. The standard InChI is InChI=1S/C16H18N2O2S2/c19-15(13-22-16-8-4-5-10-18(16)20)17-9-11-21-12-14-6-2-1-3-7-14/h1-8,10H,9,11-13H2,(H,17,19). The van der Waals surface area contributed by atoms with Gasteiger partial charge in [-0.05, 0) is 23.4 Å². The molecule has 0 fully saturated rings. The molecule has 0 radical (unpaired) electrons. The summed E-state index contributed by atoms with van der Waals surface area (Å²) < 4.78 is 0.771. The number of thioether (sulfide) groups is 2. The predicted octanol–water partition coefficient (Wildman–Crippen LogP) is 2.46. The molecule has 22 heavy (non-hydrogen) atoms. The van der Waals surface area contributed by atoms with Crippen LogP contribution in [0.4, 0.5) is 0 Å². The van der Waals surface area contributed by atoms with Gasteiger partial charge in [0, 0.05) is 30.2 Å². The van der Waals surface area contributed by atoms with Crippen molar-refractivity contribution in [2.24, 2.45) is 0 Å². The topological polar surface area (TPSA) is 56.0 Å². The molecule has 0 aliphatic heterocycles. The molecule has 0 saturated heterocycles. The van der Waals surface area contributed by atoms with E-state index < -0.39 is 0 Å². The van der Waals surface area contributed by atoms with Gasteiger partial charge in [0.15, 0.2) is 6.20 Å². The molecule has 1 N–H and O–H groups in total. The molecule has 1 heterocycles. The quantitative estimate of drug-likeness (QED) is 0.349. The van der Waals surface area contributed by atoms with Gasteiger partial charge in [0.1, 0.15) is 0 Å². The average molecular weight is 334 g/mol. The lowest BCUT2D eigenvalue weighted by Crippen LogP contribution is -2.30. The highest BCUT2D eigenvalue weighted by atomic mass is 32.2. The number of nitrogens with one attached hydrogen (secondary N) is 1. The third-order valence-corrected chi connectivity index (χ3v) is 4.87. The molecular formula is C16H18N2O2S2. The first kappa shape index (κ1) is 16.7. The van der Waals surface area contributed by atoms with Gasteiger partial charge in [0.05, 0.1) is 5.75 Å². The van der Waals surface area contributed by atoms with Crippen molar-refractivity contribution in [1.29, 1.82) is 0 Å². The van der Waals surface area contributed by atoms with Crippen LogP contribution < -0.4 is 10.0 Å². The van der Waals surface area contributed by atoms with Crippen LogP contribution in [0, 0.1) is 5.21 Å². The van der Waals surface area contributed by atoms with Crippen LogP contribution in [0.5, 0.6) is 0 Å². The molecular weight excluding hydrogens is 316 g/mol. The van der Waals surface area contributed by atoms with Crippen LogP contribution in [-0.2, 0) is 10.5 Å². The van der Waals surface area contributed by atoms with Crippen molar-refractivity contribution in [2.45, 2.75) is 10.8 Å². The number of carbonyl (C=O) groups excluding carboxylic acids is 1. The molecule has 0 aliphatic rings. The van der Waals surface area contributed by atoms with E-state index in [1.54, 1.807) is 30.0 Å². The molecule has 0 saturated carbocycles. The minimum Gasteiger partial charge on any atom is -0.618 e. The predicted molar refractivity (Wildman–Crippen MR) is 91.7 cm³/mol. The number of rotatable bonds is 8. The Morgan fingerprint density at radius 1 is 1.14 bits per heavy atom. The highest BCUT2D eigenvalue weighted by molar-refractivity contribution is 7.99. The summed E-state index contributed by atoms with van der Waals surface area (Å²) in [6, 6.07) is 15.4. The molecule has 0 unspecified atom stereocenters. The summed E-state index contributed by atoms with van der Waals surface area (Å²) in [5, 5.41) is 14.8. The third kappa shape index (κ3) is 5.99. The Labute approximate surface area is 138 Å². The monoisotopic (exact) mass is 334 g/mol. The molecule has 0 aliphatic carbocycles. The van der Waals surface area contributed by atoms with E-state index in [0.717, 1.165) is 16.2 Å². The number of amides is 1. The Kier molecular flexibility index (Phi) is 7.12. The van der Waals surface area contributed by atoms with Crippen molar-refractivity contribution >= 4 is 29.4 Å². The second-order valence-corrected chi connectivity index (χ2v) is 6.64. The number of aromatic nitrogens is 1. The van der Waals surface area contributed by atoms with E-state index in [1.807, 2.05) is 18.2 Å². The highest BCUT2D eigenvalue weighted by Gasteiger charge is 2.08. The van der Waals surface area contributed by atoms with Gasteiger partial charge in [-0.15, -0.1) is 0 Å². The van der Waals surface area contributed by atoms with Gasteiger partial charge in [0.25, 0.3) is 5.03 Å². The smallest absolute Gasteiger partial charge is 0.251 e. The first-order valence-corrected chi connectivity index (χ1v) is 9.09. The molecule has 116 valence electrons. The van der Waals surface area contributed by atoms with E-state index in [2.05, 4.69) is 17.4 Å². The van der Waals surface area contributed by atoms with Gasteiger partial charge < -0.3 is 10.5 Å². The van der Waals surface area contributed by atoms with Crippen LogP contribution in [0.1, 0.15) is 5.56 Å². The molecule has 0 spiro atoms. The SMILES string of the molecule is O=C(CSc1cccc[n+]1[O-])NCCSCc1ccccc1.